The summed E-state index contributed by atoms with van der Waals surface area (Å²) in [5, 5.41) is 2.81. The first-order valence-corrected chi connectivity index (χ1v) is 9.15. The lowest BCUT2D eigenvalue weighted by atomic mass is 9.92. The van der Waals surface area contributed by atoms with Gasteiger partial charge in [-0.25, -0.2) is 9.37 Å². The molecule has 0 unspecified atom stereocenters. The minimum Gasteiger partial charge on any atom is -0.349 e. The molecule has 6 nitrogen and oxygen atoms in total. The SMILES string of the molecule is CN(C)C(=O)Cc1ccc2nc(NC(=O)CC(C)(C)C)n(C3=CC=C3)c2c1F. The van der Waals surface area contributed by atoms with Crippen LogP contribution in [-0.2, 0) is 16.0 Å². The van der Waals surface area contributed by atoms with Crippen LogP contribution in [0.3, 0.4) is 0 Å². The summed E-state index contributed by atoms with van der Waals surface area (Å²) in [4.78, 5) is 30.3. The Morgan fingerprint density at radius 2 is 1.93 bits per heavy atom. The second kappa shape index (κ2) is 7.22. The molecule has 2 aromatic rings. The average molecular weight is 384 g/mol. The summed E-state index contributed by atoms with van der Waals surface area (Å²) in [5.41, 5.74) is 1.52. The first-order chi connectivity index (χ1) is 13.1. The number of benzene rings is 1. The van der Waals surface area contributed by atoms with Crippen LogP contribution in [0.5, 0.6) is 0 Å². The molecular formula is C21H25FN4O2. The van der Waals surface area contributed by atoms with E-state index in [4.69, 9.17) is 0 Å². The summed E-state index contributed by atoms with van der Waals surface area (Å²) in [6.07, 6.45) is 5.74. The van der Waals surface area contributed by atoms with Gasteiger partial charge in [0.2, 0.25) is 17.8 Å². The van der Waals surface area contributed by atoms with E-state index < -0.39 is 5.82 Å². The number of carbonyl (C=O) groups excluding carboxylic acids is 2. The van der Waals surface area contributed by atoms with Gasteiger partial charge in [0.05, 0.1) is 11.9 Å². The van der Waals surface area contributed by atoms with Gasteiger partial charge in [0.25, 0.3) is 0 Å². The predicted octanol–water partition coefficient (Wildman–Crippen LogP) is 3.59. The summed E-state index contributed by atoms with van der Waals surface area (Å²) in [6.45, 7) is 5.92. The van der Waals surface area contributed by atoms with Crippen molar-refractivity contribution in [2.75, 3.05) is 19.4 Å². The largest absolute Gasteiger partial charge is 0.349 e. The normalized spacial score (nSPS) is 13.3. The molecule has 28 heavy (non-hydrogen) atoms. The fraction of sp³-hybridized carbons (Fsp3) is 0.381. The number of imidazole rings is 1. The van der Waals surface area contributed by atoms with Crippen molar-refractivity contribution in [3.63, 3.8) is 0 Å². The lowest BCUT2D eigenvalue weighted by Gasteiger charge is -2.18. The number of nitrogens with zero attached hydrogens (tertiary/aromatic N) is 3. The fourth-order valence-electron chi connectivity index (χ4n) is 2.94. The van der Waals surface area contributed by atoms with Crippen molar-refractivity contribution in [3.05, 3.63) is 41.7 Å². The number of likely N-dealkylation sites (N-methyl/N-ethyl adjacent to an activating group) is 1. The van der Waals surface area contributed by atoms with E-state index in [9.17, 15) is 9.59 Å². The predicted molar refractivity (Wildman–Crippen MR) is 108 cm³/mol. The molecule has 2 amide bonds. The van der Waals surface area contributed by atoms with Gasteiger partial charge in [0.1, 0.15) is 5.52 Å². The molecule has 148 valence electrons. The van der Waals surface area contributed by atoms with Crippen molar-refractivity contribution in [1.82, 2.24) is 14.5 Å². The van der Waals surface area contributed by atoms with Crippen LogP contribution < -0.4 is 5.32 Å². The highest BCUT2D eigenvalue weighted by atomic mass is 19.1. The second-order valence-corrected chi connectivity index (χ2v) is 8.38. The monoisotopic (exact) mass is 384 g/mol. The van der Waals surface area contributed by atoms with Crippen molar-refractivity contribution in [2.45, 2.75) is 33.6 Å². The molecule has 0 saturated carbocycles. The zero-order valence-corrected chi connectivity index (χ0v) is 16.8. The lowest BCUT2D eigenvalue weighted by Crippen LogP contribution is -2.24. The van der Waals surface area contributed by atoms with Gasteiger partial charge in [-0.1, -0.05) is 32.9 Å². The fourth-order valence-corrected chi connectivity index (χ4v) is 2.94. The molecular weight excluding hydrogens is 359 g/mol. The van der Waals surface area contributed by atoms with Crippen molar-refractivity contribution >= 4 is 34.5 Å². The number of halogens is 1. The molecule has 1 aliphatic rings. The third kappa shape index (κ3) is 3.98. The number of amides is 2. The molecule has 0 radical (unpaired) electrons. The molecule has 0 atom stereocenters. The quantitative estimate of drug-likeness (QED) is 0.857. The third-order valence-corrected chi connectivity index (χ3v) is 4.41. The number of rotatable bonds is 5. The molecule has 1 N–H and O–H groups in total. The van der Waals surface area contributed by atoms with Crippen LogP contribution in [0, 0.1) is 11.2 Å². The van der Waals surface area contributed by atoms with E-state index in [1.807, 2.05) is 39.0 Å². The van der Waals surface area contributed by atoms with E-state index in [0.29, 0.717) is 17.5 Å². The molecule has 3 rings (SSSR count). The number of allylic oxidation sites excluding steroid dienone is 4. The number of fused-ring (bicyclic) bond motifs is 1. The Balaban J connectivity index is 2.04. The van der Waals surface area contributed by atoms with Crippen LogP contribution in [0.25, 0.3) is 16.7 Å². The Morgan fingerprint density at radius 1 is 1.25 bits per heavy atom. The Bertz CT molecular complexity index is 1010. The highest BCUT2D eigenvalue weighted by Crippen LogP contribution is 2.31. The average Bonchev–Trinajstić information content (AvgIpc) is 2.85. The first kappa shape index (κ1) is 19.8. The Kier molecular flexibility index (Phi) is 5.10. The highest BCUT2D eigenvalue weighted by Gasteiger charge is 2.24. The van der Waals surface area contributed by atoms with Gasteiger partial charge in [-0.05, 0) is 29.2 Å². The Morgan fingerprint density at radius 3 is 2.46 bits per heavy atom. The van der Waals surface area contributed by atoms with Gasteiger partial charge in [0, 0.05) is 26.2 Å². The van der Waals surface area contributed by atoms with Gasteiger partial charge < -0.3 is 4.90 Å². The van der Waals surface area contributed by atoms with Gasteiger partial charge in [-0.15, -0.1) is 0 Å². The zero-order valence-electron chi connectivity index (χ0n) is 16.8. The van der Waals surface area contributed by atoms with Crippen LogP contribution in [0.4, 0.5) is 10.3 Å². The van der Waals surface area contributed by atoms with Crippen molar-refractivity contribution < 1.29 is 14.0 Å². The van der Waals surface area contributed by atoms with Gasteiger partial charge in [-0.3, -0.25) is 19.5 Å². The standard InChI is InChI=1S/C21H25FN4O2/c1-21(2,3)12-16(27)24-20-23-15-10-9-13(11-17(28)25(4)5)18(22)19(15)26(20)14-7-6-8-14/h6-10H,11-12H2,1-5H3,(H,23,24,27). The van der Waals surface area contributed by atoms with Crippen LogP contribution in [0.15, 0.2) is 30.4 Å². The van der Waals surface area contributed by atoms with Crippen LogP contribution in [-0.4, -0.2) is 40.4 Å². The third-order valence-electron chi connectivity index (χ3n) is 4.41. The summed E-state index contributed by atoms with van der Waals surface area (Å²) in [6, 6.07) is 3.25. The second-order valence-electron chi connectivity index (χ2n) is 8.38. The number of hydrogen-bond acceptors (Lipinski definition) is 3. The van der Waals surface area contributed by atoms with E-state index >= 15 is 4.39 Å². The number of carbonyl (C=O) groups is 2. The molecule has 1 aromatic carbocycles. The van der Waals surface area contributed by atoms with Crippen LogP contribution >= 0.6 is 0 Å². The van der Waals surface area contributed by atoms with E-state index in [1.165, 1.54) is 4.90 Å². The molecule has 7 heteroatoms. The molecule has 0 saturated heterocycles. The minimum absolute atomic E-state index is 0.0411. The molecule has 0 bridgehead atoms. The van der Waals surface area contributed by atoms with Crippen molar-refractivity contribution in [3.8, 4) is 0 Å². The number of anilines is 1. The maximum atomic E-state index is 15.3. The van der Waals surface area contributed by atoms with E-state index in [-0.39, 0.29) is 35.1 Å². The lowest BCUT2D eigenvalue weighted by molar-refractivity contribution is -0.128. The van der Waals surface area contributed by atoms with E-state index in [1.54, 1.807) is 30.8 Å². The number of aromatic nitrogens is 2. The Labute approximate surface area is 163 Å². The molecule has 0 spiro atoms. The van der Waals surface area contributed by atoms with E-state index in [2.05, 4.69) is 10.3 Å². The minimum atomic E-state index is -0.502. The first-order valence-electron chi connectivity index (χ1n) is 9.15. The van der Waals surface area contributed by atoms with Crippen LogP contribution in [0.2, 0.25) is 0 Å². The van der Waals surface area contributed by atoms with E-state index in [0.717, 1.165) is 5.70 Å². The summed E-state index contributed by atoms with van der Waals surface area (Å²) in [5.74, 6) is -0.602. The van der Waals surface area contributed by atoms with Gasteiger partial charge >= 0.3 is 0 Å². The van der Waals surface area contributed by atoms with Gasteiger partial charge in [-0.2, -0.15) is 0 Å². The maximum Gasteiger partial charge on any atom is 0.227 e. The summed E-state index contributed by atoms with van der Waals surface area (Å²) >= 11 is 0. The van der Waals surface area contributed by atoms with Gasteiger partial charge in [0.15, 0.2) is 5.82 Å². The number of hydrogen-bond donors (Lipinski definition) is 1. The zero-order chi connectivity index (χ0) is 20.6. The topological polar surface area (TPSA) is 67.2 Å². The highest BCUT2D eigenvalue weighted by molar-refractivity contribution is 5.95. The van der Waals surface area contributed by atoms with Crippen molar-refractivity contribution in [2.24, 2.45) is 5.41 Å². The molecule has 0 aliphatic heterocycles. The molecule has 0 fully saturated rings. The summed E-state index contributed by atoms with van der Waals surface area (Å²) < 4.78 is 16.9. The number of nitrogens with one attached hydrogen (secondary N) is 1. The molecule has 1 aliphatic carbocycles. The molecule has 1 heterocycles. The summed E-state index contributed by atoms with van der Waals surface area (Å²) in [7, 11) is 3.27. The Hall–Kier alpha value is -2.96. The van der Waals surface area contributed by atoms with Crippen molar-refractivity contribution in [1.29, 1.82) is 0 Å². The molecule has 1 aromatic heterocycles. The maximum absolute atomic E-state index is 15.3. The smallest absolute Gasteiger partial charge is 0.227 e. The van der Waals surface area contributed by atoms with Crippen LogP contribution in [0.1, 0.15) is 32.8 Å².